The summed E-state index contributed by atoms with van der Waals surface area (Å²) in [5.74, 6) is 0.285. The zero-order chi connectivity index (χ0) is 14.0. The highest BCUT2D eigenvalue weighted by atomic mass is 79.9. The number of rotatable bonds is 3. The van der Waals surface area contributed by atoms with E-state index in [0.717, 1.165) is 6.07 Å². The fourth-order valence-electron chi connectivity index (χ4n) is 1.53. The molecule has 1 heterocycles. The van der Waals surface area contributed by atoms with Crippen molar-refractivity contribution in [2.45, 2.75) is 19.1 Å². The number of alkyl halides is 3. The maximum Gasteiger partial charge on any atom is 0.418 e. The van der Waals surface area contributed by atoms with Crippen LogP contribution in [0.25, 0.3) is 0 Å². The average molecular weight is 336 g/mol. The van der Waals surface area contributed by atoms with Gasteiger partial charge in [0, 0.05) is 10.2 Å². The summed E-state index contributed by atoms with van der Waals surface area (Å²) >= 11 is 3.14. The number of nitrogens with zero attached hydrogens (tertiary/aromatic N) is 3. The third-order valence-electron chi connectivity index (χ3n) is 2.41. The topological polar surface area (TPSA) is 66.5 Å². The molecule has 1 aromatic heterocycles. The fraction of sp³-hybridized carbons (Fsp3) is 0.300. The van der Waals surface area contributed by atoms with Crippen LogP contribution in [0.1, 0.15) is 24.4 Å². The van der Waals surface area contributed by atoms with Crippen molar-refractivity contribution in [1.29, 1.82) is 0 Å². The number of benzene rings is 1. The Morgan fingerprint density at radius 3 is 2.68 bits per heavy atom. The van der Waals surface area contributed by atoms with Crippen molar-refractivity contribution in [3.05, 3.63) is 34.1 Å². The molecule has 0 amide bonds. The minimum atomic E-state index is -4.43. The van der Waals surface area contributed by atoms with Crippen molar-refractivity contribution in [2.24, 2.45) is 0 Å². The lowest BCUT2D eigenvalue weighted by molar-refractivity contribution is -0.137. The molecule has 19 heavy (non-hydrogen) atoms. The van der Waals surface area contributed by atoms with Crippen molar-refractivity contribution in [3.63, 3.8) is 0 Å². The van der Waals surface area contributed by atoms with Crippen molar-refractivity contribution in [1.82, 2.24) is 20.6 Å². The van der Waals surface area contributed by atoms with Crippen molar-refractivity contribution >= 4 is 21.6 Å². The molecule has 0 fully saturated rings. The highest BCUT2D eigenvalue weighted by Gasteiger charge is 2.34. The van der Waals surface area contributed by atoms with Gasteiger partial charge in [0.2, 0.25) is 0 Å². The molecule has 1 unspecified atom stereocenters. The molecular formula is C10H9BrF3N5. The van der Waals surface area contributed by atoms with E-state index in [2.05, 4.69) is 41.9 Å². The smallest absolute Gasteiger partial charge is 0.375 e. The van der Waals surface area contributed by atoms with Crippen molar-refractivity contribution in [2.75, 3.05) is 5.32 Å². The van der Waals surface area contributed by atoms with Gasteiger partial charge < -0.3 is 5.32 Å². The lowest BCUT2D eigenvalue weighted by Crippen LogP contribution is -2.14. The summed E-state index contributed by atoms with van der Waals surface area (Å²) in [6.07, 6.45) is -4.43. The van der Waals surface area contributed by atoms with Crippen LogP contribution in [-0.4, -0.2) is 20.6 Å². The summed E-state index contributed by atoms with van der Waals surface area (Å²) in [5, 5.41) is 15.8. The number of halogens is 4. The largest absolute Gasteiger partial charge is 0.418 e. The molecule has 0 aliphatic carbocycles. The van der Waals surface area contributed by atoms with E-state index in [9.17, 15) is 13.2 Å². The third-order valence-corrected chi connectivity index (χ3v) is 2.90. The molecule has 0 saturated carbocycles. The molecule has 0 aliphatic rings. The molecule has 2 N–H and O–H groups in total. The van der Waals surface area contributed by atoms with Gasteiger partial charge in [-0.3, -0.25) is 0 Å². The second-order valence-corrected chi connectivity index (χ2v) is 4.74. The quantitative estimate of drug-likeness (QED) is 0.904. The van der Waals surface area contributed by atoms with Crippen LogP contribution in [0.2, 0.25) is 0 Å². The van der Waals surface area contributed by atoms with Gasteiger partial charge in [0.25, 0.3) is 0 Å². The van der Waals surface area contributed by atoms with Crippen molar-refractivity contribution in [3.8, 4) is 0 Å². The lowest BCUT2D eigenvalue weighted by Gasteiger charge is -2.17. The second kappa shape index (κ2) is 5.16. The van der Waals surface area contributed by atoms with Gasteiger partial charge in [0.1, 0.15) is 0 Å². The van der Waals surface area contributed by atoms with Crippen LogP contribution in [0.4, 0.5) is 18.9 Å². The minimum Gasteiger partial charge on any atom is -0.375 e. The first kappa shape index (κ1) is 13.8. The molecule has 1 atom stereocenters. The van der Waals surface area contributed by atoms with Crippen LogP contribution in [-0.2, 0) is 6.18 Å². The maximum atomic E-state index is 12.9. The zero-order valence-electron chi connectivity index (χ0n) is 9.66. The summed E-state index contributed by atoms with van der Waals surface area (Å²) in [4.78, 5) is 0. The van der Waals surface area contributed by atoms with Crippen LogP contribution in [0.15, 0.2) is 22.7 Å². The summed E-state index contributed by atoms with van der Waals surface area (Å²) in [6, 6.07) is 3.20. The van der Waals surface area contributed by atoms with Gasteiger partial charge in [-0.15, -0.1) is 10.2 Å². The molecule has 0 spiro atoms. The van der Waals surface area contributed by atoms with E-state index in [4.69, 9.17) is 0 Å². The van der Waals surface area contributed by atoms with Gasteiger partial charge in [0.15, 0.2) is 5.82 Å². The van der Waals surface area contributed by atoms with Gasteiger partial charge in [0.05, 0.1) is 11.6 Å². The highest BCUT2D eigenvalue weighted by Crippen LogP contribution is 2.37. The molecule has 2 rings (SSSR count). The molecule has 1 aromatic carbocycles. The molecule has 9 heteroatoms. The van der Waals surface area contributed by atoms with Gasteiger partial charge >= 0.3 is 6.18 Å². The second-order valence-electron chi connectivity index (χ2n) is 3.82. The van der Waals surface area contributed by atoms with E-state index in [0.29, 0.717) is 4.47 Å². The lowest BCUT2D eigenvalue weighted by atomic mass is 10.1. The van der Waals surface area contributed by atoms with Gasteiger partial charge in [-0.1, -0.05) is 21.1 Å². The molecule has 0 aliphatic heterocycles. The van der Waals surface area contributed by atoms with Gasteiger partial charge in [-0.25, -0.2) is 0 Å². The number of hydrogen-bond donors (Lipinski definition) is 2. The first-order valence-corrected chi connectivity index (χ1v) is 6.04. The molecule has 2 aromatic rings. The Balaban J connectivity index is 2.31. The summed E-state index contributed by atoms with van der Waals surface area (Å²) in [5.41, 5.74) is -0.787. The van der Waals surface area contributed by atoms with Crippen LogP contribution >= 0.6 is 15.9 Å². The molecular weight excluding hydrogens is 327 g/mol. The Kier molecular flexibility index (Phi) is 3.74. The van der Waals surface area contributed by atoms with Crippen LogP contribution in [0.3, 0.4) is 0 Å². The Hall–Kier alpha value is -1.64. The highest BCUT2D eigenvalue weighted by molar-refractivity contribution is 9.10. The monoisotopic (exact) mass is 335 g/mol. The van der Waals surface area contributed by atoms with Crippen LogP contribution in [0, 0.1) is 0 Å². The van der Waals surface area contributed by atoms with E-state index < -0.39 is 17.8 Å². The molecule has 102 valence electrons. The van der Waals surface area contributed by atoms with E-state index in [1.54, 1.807) is 6.92 Å². The Morgan fingerprint density at radius 1 is 1.37 bits per heavy atom. The Labute approximate surface area is 114 Å². The molecule has 0 saturated heterocycles. The molecule has 0 radical (unpaired) electrons. The Morgan fingerprint density at radius 2 is 2.11 bits per heavy atom. The van der Waals surface area contributed by atoms with Crippen molar-refractivity contribution < 1.29 is 13.2 Å². The number of H-pyrrole nitrogens is 1. The van der Waals surface area contributed by atoms with E-state index in [1.165, 1.54) is 12.1 Å². The molecule has 5 nitrogen and oxygen atoms in total. The predicted octanol–water partition coefficient (Wildman–Crippen LogP) is 3.15. The summed E-state index contributed by atoms with van der Waals surface area (Å²) < 4.78 is 39.1. The normalized spacial score (nSPS) is 13.3. The van der Waals surface area contributed by atoms with Gasteiger partial charge in [-0.05, 0) is 25.1 Å². The van der Waals surface area contributed by atoms with E-state index >= 15 is 0 Å². The number of tetrazole rings is 1. The standard InChI is InChI=1S/C10H9BrF3N5/c1-5(9-16-18-19-17-9)15-8-4-6(11)2-3-7(8)10(12,13)14/h2-5,15H,1H3,(H,16,17,18,19). The number of aromatic nitrogens is 4. The average Bonchev–Trinajstić information content (AvgIpc) is 2.80. The maximum absolute atomic E-state index is 12.9. The predicted molar refractivity (Wildman–Crippen MR) is 65.4 cm³/mol. The third kappa shape index (κ3) is 3.22. The number of aromatic amines is 1. The van der Waals surface area contributed by atoms with Crippen LogP contribution in [0.5, 0.6) is 0 Å². The number of hydrogen-bond acceptors (Lipinski definition) is 4. The fourth-order valence-corrected chi connectivity index (χ4v) is 1.89. The van der Waals surface area contributed by atoms with E-state index in [-0.39, 0.29) is 11.5 Å². The Bertz CT molecular complexity index is 555. The number of nitrogens with one attached hydrogen (secondary N) is 2. The van der Waals surface area contributed by atoms with Crippen LogP contribution < -0.4 is 5.32 Å². The first-order chi connectivity index (χ1) is 8.88. The first-order valence-electron chi connectivity index (χ1n) is 5.24. The summed E-state index contributed by atoms with van der Waals surface area (Å²) in [7, 11) is 0. The number of anilines is 1. The SMILES string of the molecule is CC(Nc1cc(Br)ccc1C(F)(F)F)c1nn[nH]n1. The molecule has 0 bridgehead atoms. The summed E-state index contributed by atoms with van der Waals surface area (Å²) in [6.45, 7) is 1.64. The zero-order valence-corrected chi connectivity index (χ0v) is 11.2. The van der Waals surface area contributed by atoms with Gasteiger partial charge in [-0.2, -0.15) is 18.4 Å². The van der Waals surface area contributed by atoms with E-state index in [1.807, 2.05) is 0 Å². The minimum absolute atomic E-state index is 0.0424.